The highest BCUT2D eigenvalue weighted by atomic mass is 35.5. The van der Waals surface area contributed by atoms with E-state index in [2.05, 4.69) is 10.3 Å². The number of aryl methyl sites for hydroxylation is 1. The zero-order valence-electron chi connectivity index (χ0n) is 10.7. The molecule has 0 aliphatic carbocycles. The van der Waals surface area contributed by atoms with Crippen molar-refractivity contribution in [3.8, 4) is 0 Å². The molecule has 1 aromatic heterocycles. The first kappa shape index (κ1) is 13.1. The number of thiazole rings is 1. The molecule has 0 aliphatic rings. The van der Waals surface area contributed by atoms with Gasteiger partial charge in [0.1, 0.15) is 5.52 Å². The summed E-state index contributed by atoms with van der Waals surface area (Å²) in [7, 11) is 0. The first-order chi connectivity index (χ1) is 9.63. The second-order valence-corrected chi connectivity index (χ2v) is 5.87. The second kappa shape index (κ2) is 5.23. The van der Waals surface area contributed by atoms with Crippen LogP contribution in [-0.4, -0.2) is 10.9 Å². The number of para-hydroxylation sites is 1. The topological polar surface area (TPSA) is 42.0 Å². The van der Waals surface area contributed by atoms with Crippen LogP contribution in [0.1, 0.15) is 15.9 Å². The molecule has 1 N–H and O–H groups in total. The third-order valence-electron chi connectivity index (χ3n) is 2.87. The number of halogens is 1. The van der Waals surface area contributed by atoms with E-state index >= 15 is 0 Å². The van der Waals surface area contributed by atoms with Crippen molar-refractivity contribution in [1.82, 2.24) is 4.98 Å². The minimum Gasteiger partial charge on any atom is -0.298 e. The van der Waals surface area contributed by atoms with Crippen molar-refractivity contribution in [2.45, 2.75) is 6.92 Å². The third kappa shape index (κ3) is 2.53. The number of fused-ring (bicyclic) bond motifs is 1. The standard InChI is InChI=1S/C15H11ClN2OS/c1-9-4-2-5-10(8-9)14(19)18-15-17-13-11(16)6-3-7-12(13)20-15/h2-8H,1H3,(H,17,18,19). The lowest BCUT2D eigenvalue weighted by atomic mass is 10.1. The summed E-state index contributed by atoms with van der Waals surface area (Å²) in [5.41, 5.74) is 2.39. The highest BCUT2D eigenvalue weighted by molar-refractivity contribution is 7.22. The van der Waals surface area contributed by atoms with E-state index in [0.717, 1.165) is 15.8 Å². The van der Waals surface area contributed by atoms with E-state index in [9.17, 15) is 4.79 Å². The van der Waals surface area contributed by atoms with Gasteiger partial charge in [-0.2, -0.15) is 0 Å². The molecule has 3 rings (SSSR count). The molecule has 0 aliphatic heterocycles. The Bertz CT molecular complexity index is 797. The van der Waals surface area contributed by atoms with Crippen molar-refractivity contribution >= 4 is 44.2 Å². The Kier molecular flexibility index (Phi) is 3.42. The Hall–Kier alpha value is -1.91. The van der Waals surface area contributed by atoms with Gasteiger partial charge in [-0.05, 0) is 31.2 Å². The van der Waals surface area contributed by atoms with E-state index in [4.69, 9.17) is 11.6 Å². The first-order valence-corrected chi connectivity index (χ1v) is 7.26. The van der Waals surface area contributed by atoms with Gasteiger partial charge in [-0.25, -0.2) is 4.98 Å². The van der Waals surface area contributed by atoms with E-state index in [1.54, 1.807) is 12.1 Å². The number of rotatable bonds is 2. The Morgan fingerprint density at radius 2 is 2.05 bits per heavy atom. The van der Waals surface area contributed by atoms with Crippen molar-refractivity contribution in [3.05, 3.63) is 58.6 Å². The molecule has 1 amide bonds. The average Bonchev–Trinajstić information content (AvgIpc) is 2.83. The van der Waals surface area contributed by atoms with Crippen LogP contribution in [0.15, 0.2) is 42.5 Å². The molecule has 0 fully saturated rings. The number of carbonyl (C=O) groups is 1. The summed E-state index contributed by atoms with van der Waals surface area (Å²) in [5, 5.41) is 3.96. The van der Waals surface area contributed by atoms with Crippen molar-refractivity contribution in [2.75, 3.05) is 5.32 Å². The molecule has 5 heteroatoms. The quantitative estimate of drug-likeness (QED) is 0.756. The Labute approximate surface area is 125 Å². The first-order valence-electron chi connectivity index (χ1n) is 6.06. The Morgan fingerprint density at radius 3 is 2.80 bits per heavy atom. The van der Waals surface area contributed by atoms with E-state index < -0.39 is 0 Å². The number of aromatic nitrogens is 1. The van der Waals surface area contributed by atoms with E-state index in [0.29, 0.717) is 15.7 Å². The van der Waals surface area contributed by atoms with Gasteiger partial charge in [-0.3, -0.25) is 10.1 Å². The number of carbonyl (C=O) groups excluding carboxylic acids is 1. The normalized spacial score (nSPS) is 10.7. The van der Waals surface area contributed by atoms with Crippen molar-refractivity contribution in [2.24, 2.45) is 0 Å². The monoisotopic (exact) mass is 302 g/mol. The summed E-state index contributed by atoms with van der Waals surface area (Å²) in [6, 6.07) is 13.0. The van der Waals surface area contributed by atoms with Crippen molar-refractivity contribution in [1.29, 1.82) is 0 Å². The molecule has 20 heavy (non-hydrogen) atoms. The van der Waals surface area contributed by atoms with Crippen LogP contribution in [-0.2, 0) is 0 Å². The molecule has 0 spiro atoms. The van der Waals surface area contributed by atoms with Gasteiger partial charge < -0.3 is 0 Å². The Balaban J connectivity index is 1.89. The highest BCUT2D eigenvalue weighted by Crippen LogP contribution is 2.30. The van der Waals surface area contributed by atoms with E-state index in [-0.39, 0.29) is 5.91 Å². The number of anilines is 1. The molecule has 0 saturated carbocycles. The fourth-order valence-corrected chi connectivity index (χ4v) is 3.08. The molecule has 3 aromatic rings. The summed E-state index contributed by atoms with van der Waals surface area (Å²) in [5.74, 6) is -0.163. The molecule has 2 aromatic carbocycles. The third-order valence-corrected chi connectivity index (χ3v) is 4.11. The maximum Gasteiger partial charge on any atom is 0.257 e. The van der Waals surface area contributed by atoms with Crippen LogP contribution in [0.2, 0.25) is 5.02 Å². The predicted octanol–water partition coefficient (Wildman–Crippen LogP) is 4.51. The van der Waals surface area contributed by atoms with E-state index in [1.807, 2.05) is 37.3 Å². The lowest BCUT2D eigenvalue weighted by Gasteiger charge is -2.02. The number of benzene rings is 2. The van der Waals surface area contributed by atoms with Gasteiger partial charge >= 0.3 is 0 Å². The van der Waals surface area contributed by atoms with Crippen LogP contribution in [0.5, 0.6) is 0 Å². The van der Waals surface area contributed by atoms with Crippen LogP contribution >= 0.6 is 22.9 Å². The lowest BCUT2D eigenvalue weighted by Crippen LogP contribution is -2.11. The van der Waals surface area contributed by atoms with Crippen LogP contribution < -0.4 is 5.32 Å². The molecule has 0 atom stereocenters. The second-order valence-electron chi connectivity index (χ2n) is 4.43. The molecule has 3 nitrogen and oxygen atoms in total. The predicted molar refractivity (Wildman–Crippen MR) is 83.8 cm³/mol. The van der Waals surface area contributed by atoms with Gasteiger partial charge in [0.25, 0.3) is 5.91 Å². The number of hydrogen-bond donors (Lipinski definition) is 1. The Morgan fingerprint density at radius 1 is 1.25 bits per heavy atom. The summed E-state index contributed by atoms with van der Waals surface area (Å²) < 4.78 is 0.956. The van der Waals surface area contributed by atoms with Crippen molar-refractivity contribution < 1.29 is 4.79 Å². The minimum absolute atomic E-state index is 0.163. The fraction of sp³-hybridized carbons (Fsp3) is 0.0667. The van der Waals surface area contributed by atoms with Crippen molar-refractivity contribution in [3.63, 3.8) is 0 Å². The average molecular weight is 303 g/mol. The molecular formula is C15H11ClN2OS. The van der Waals surface area contributed by atoms with Gasteiger partial charge in [-0.1, -0.05) is 46.7 Å². The van der Waals surface area contributed by atoms with Crippen LogP contribution in [0.4, 0.5) is 5.13 Å². The van der Waals surface area contributed by atoms with Gasteiger partial charge in [0.15, 0.2) is 5.13 Å². The number of nitrogens with one attached hydrogen (secondary N) is 1. The van der Waals surface area contributed by atoms with E-state index in [1.165, 1.54) is 11.3 Å². The van der Waals surface area contributed by atoms with Crippen LogP contribution in [0.25, 0.3) is 10.2 Å². The molecular weight excluding hydrogens is 292 g/mol. The SMILES string of the molecule is Cc1cccc(C(=O)Nc2nc3c(Cl)cccc3s2)c1. The zero-order chi connectivity index (χ0) is 14.1. The lowest BCUT2D eigenvalue weighted by molar-refractivity contribution is 0.102. The van der Waals surface area contributed by atoms with Gasteiger partial charge in [0.05, 0.1) is 9.72 Å². The summed E-state index contributed by atoms with van der Waals surface area (Å²) >= 11 is 7.49. The van der Waals surface area contributed by atoms with Gasteiger partial charge in [-0.15, -0.1) is 0 Å². The van der Waals surface area contributed by atoms with Crippen LogP contribution in [0, 0.1) is 6.92 Å². The van der Waals surface area contributed by atoms with Gasteiger partial charge in [0.2, 0.25) is 0 Å². The number of amides is 1. The summed E-state index contributed by atoms with van der Waals surface area (Å²) in [6.45, 7) is 1.95. The van der Waals surface area contributed by atoms with Crippen LogP contribution in [0.3, 0.4) is 0 Å². The molecule has 0 saturated heterocycles. The minimum atomic E-state index is -0.163. The number of hydrogen-bond acceptors (Lipinski definition) is 3. The van der Waals surface area contributed by atoms with Gasteiger partial charge in [0, 0.05) is 5.56 Å². The molecule has 0 radical (unpaired) electrons. The maximum atomic E-state index is 12.2. The maximum absolute atomic E-state index is 12.2. The largest absolute Gasteiger partial charge is 0.298 e. The summed E-state index contributed by atoms with van der Waals surface area (Å²) in [6.07, 6.45) is 0. The molecule has 0 bridgehead atoms. The zero-order valence-corrected chi connectivity index (χ0v) is 12.3. The summed E-state index contributed by atoms with van der Waals surface area (Å²) in [4.78, 5) is 16.5. The fourth-order valence-electron chi connectivity index (χ4n) is 1.92. The highest BCUT2D eigenvalue weighted by Gasteiger charge is 2.11. The molecule has 1 heterocycles. The molecule has 100 valence electrons. The number of nitrogens with zero attached hydrogens (tertiary/aromatic N) is 1. The molecule has 0 unspecified atom stereocenters. The smallest absolute Gasteiger partial charge is 0.257 e.